The Labute approximate surface area is 103 Å². The zero-order valence-electron chi connectivity index (χ0n) is 9.39. The largest absolute Gasteiger partial charge is 0.482 e. The minimum atomic E-state index is -1.06. The zero-order valence-corrected chi connectivity index (χ0v) is 9.39. The molecule has 2 aromatic rings. The molecule has 0 bridgehead atoms. The van der Waals surface area contributed by atoms with Gasteiger partial charge in [0.2, 0.25) is 0 Å². The van der Waals surface area contributed by atoms with Crippen molar-refractivity contribution in [3.05, 3.63) is 54.3 Å². The van der Waals surface area contributed by atoms with E-state index in [1.165, 1.54) is 6.07 Å². The molecule has 2 rings (SSSR count). The van der Waals surface area contributed by atoms with Crippen LogP contribution < -0.4 is 4.74 Å². The van der Waals surface area contributed by atoms with Crippen molar-refractivity contribution in [3.63, 3.8) is 0 Å². The quantitative estimate of drug-likeness (QED) is 0.900. The van der Waals surface area contributed by atoms with Gasteiger partial charge in [-0.3, -0.25) is 0 Å². The molecule has 4 heteroatoms. The van der Waals surface area contributed by atoms with E-state index >= 15 is 0 Å². The highest BCUT2D eigenvalue weighted by Gasteiger charge is 2.06. The monoisotopic (exact) mass is 245 g/mol. The summed E-state index contributed by atoms with van der Waals surface area (Å²) in [6.45, 7) is -0.430. The Morgan fingerprint density at radius 3 is 2.83 bits per heavy atom. The summed E-state index contributed by atoms with van der Waals surface area (Å²) in [7, 11) is 0. The molecule has 0 fully saturated rings. The van der Waals surface area contributed by atoms with Crippen molar-refractivity contribution in [2.24, 2.45) is 0 Å². The normalized spacial score (nSPS) is 10.1. The van der Waals surface area contributed by atoms with Crippen LogP contribution in [0.2, 0.25) is 0 Å². The molecular formula is C14H10FO3. The first-order chi connectivity index (χ1) is 8.66. The molecular weight excluding hydrogens is 235 g/mol. The number of hydrogen-bond donors (Lipinski definition) is 1. The van der Waals surface area contributed by atoms with E-state index in [-0.39, 0.29) is 5.82 Å². The van der Waals surface area contributed by atoms with E-state index in [1.54, 1.807) is 36.4 Å². The van der Waals surface area contributed by atoms with E-state index in [1.807, 2.05) is 0 Å². The summed E-state index contributed by atoms with van der Waals surface area (Å²) >= 11 is 0. The summed E-state index contributed by atoms with van der Waals surface area (Å²) in [5.74, 6) is -1.05. The Morgan fingerprint density at radius 1 is 1.33 bits per heavy atom. The van der Waals surface area contributed by atoms with E-state index in [9.17, 15) is 9.18 Å². The maximum absolute atomic E-state index is 13.6. The molecule has 0 saturated heterocycles. The number of benzene rings is 2. The first-order valence-electron chi connectivity index (χ1n) is 5.28. The van der Waals surface area contributed by atoms with Crippen molar-refractivity contribution in [2.75, 3.05) is 6.61 Å². The van der Waals surface area contributed by atoms with Gasteiger partial charge in [0, 0.05) is 5.56 Å². The third-order valence-corrected chi connectivity index (χ3v) is 2.30. The second-order valence-corrected chi connectivity index (χ2v) is 3.60. The van der Waals surface area contributed by atoms with E-state index in [0.717, 1.165) is 0 Å². The Bertz CT molecular complexity index is 566. The number of ether oxygens (including phenoxy) is 1. The minimum absolute atomic E-state index is 0.357. The van der Waals surface area contributed by atoms with Crippen molar-refractivity contribution in [3.8, 4) is 16.9 Å². The second-order valence-electron chi connectivity index (χ2n) is 3.60. The summed E-state index contributed by atoms with van der Waals surface area (Å²) < 4.78 is 18.6. The molecule has 0 saturated carbocycles. The molecule has 0 heterocycles. The minimum Gasteiger partial charge on any atom is -0.482 e. The van der Waals surface area contributed by atoms with Gasteiger partial charge >= 0.3 is 5.97 Å². The fraction of sp³-hybridized carbons (Fsp3) is 0.0714. The average Bonchev–Trinajstić information content (AvgIpc) is 2.37. The van der Waals surface area contributed by atoms with Crippen molar-refractivity contribution in [1.29, 1.82) is 0 Å². The molecule has 0 aliphatic carbocycles. The van der Waals surface area contributed by atoms with Crippen LogP contribution in [0.4, 0.5) is 4.39 Å². The molecule has 0 aromatic heterocycles. The standard InChI is InChI=1S/C14H10FO3/c15-13-7-2-1-6-12(13)10-4-3-5-11(8-10)18-9-14(16)17/h1-3,5-8H,9H2,(H,16,17). The third kappa shape index (κ3) is 2.85. The maximum Gasteiger partial charge on any atom is 0.341 e. The molecule has 91 valence electrons. The lowest BCUT2D eigenvalue weighted by Crippen LogP contribution is -2.09. The number of carboxylic acids is 1. The SMILES string of the molecule is O=C(O)COc1cc[c]c(-c2ccccc2F)c1. The summed E-state index contributed by atoms with van der Waals surface area (Å²) in [6.07, 6.45) is 0. The Hall–Kier alpha value is -2.36. The van der Waals surface area contributed by atoms with Gasteiger partial charge in [0.1, 0.15) is 11.6 Å². The van der Waals surface area contributed by atoms with Crippen molar-refractivity contribution in [2.45, 2.75) is 0 Å². The maximum atomic E-state index is 13.6. The second kappa shape index (κ2) is 5.31. The summed E-state index contributed by atoms with van der Waals surface area (Å²) in [5, 5.41) is 8.51. The first-order valence-corrected chi connectivity index (χ1v) is 5.28. The lowest BCUT2D eigenvalue weighted by Gasteiger charge is -2.06. The van der Waals surface area contributed by atoms with E-state index < -0.39 is 12.6 Å². The fourth-order valence-electron chi connectivity index (χ4n) is 1.52. The Kier molecular flexibility index (Phi) is 3.57. The van der Waals surface area contributed by atoms with Gasteiger partial charge in [0.15, 0.2) is 6.61 Å². The molecule has 3 nitrogen and oxygen atoms in total. The van der Waals surface area contributed by atoms with Crippen LogP contribution in [-0.2, 0) is 4.79 Å². The van der Waals surface area contributed by atoms with Crippen LogP contribution in [0.5, 0.6) is 5.75 Å². The van der Waals surface area contributed by atoms with Gasteiger partial charge in [-0.15, -0.1) is 0 Å². The van der Waals surface area contributed by atoms with Crippen molar-refractivity contribution >= 4 is 5.97 Å². The van der Waals surface area contributed by atoms with Gasteiger partial charge in [-0.05, 0) is 29.8 Å². The van der Waals surface area contributed by atoms with E-state index in [2.05, 4.69) is 6.07 Å². The van der Waals surface area contributed by atoms with Crippen LogP contribution in [0.1, 0.15) is 0 Å². The number of aliphatic carboxylic acids is 1. The number of hydrogen-bond acceptors (Lipinski definition) is 2. The number of carbonyl (C=O) groups is 1. The van der Waals surface area contributed by atoms with Gasteiger partial charge in [0.05, 0.1) is 0 Å². The van der Waals surface area contributed by atoms with Crippen molar-refractivity contribution < 1.29 is 19.0 Å². The first kappa shape index (κ1) is 12.1. The summed E-state index contributed by atoms with van der Waals surface area (Å²) in [4.78, 5) is 10.4. The number of halogens is 1. The number of carboxylic acid groups (broad SMARTS) is 1. The topological polar surface area (TPSA) is 46.5 Å². The highest BCUT2D eigenvalue weighted by Crippen LogP contribution is 2.25. The van der Waals surface area contributed by atoms with Crippen LogP contribution in [0.15, 0.2) is 42.5 Å². The van der Waals surface area contributed by atoms with Gasteiger partial charge in [0.25, 0.3) is 0 Å². The molecule has 0 atom stereocenters. The average molecular weight is 245 g/mol. The van der Waals surface area contributed by atoms with Gasteiger partial charge in [-0.2, -0.15) is 0 Å². The molecule has 0 unspecified atom stereocenters. The zero-order chi connectivity index (χ0) is 13.0. The van der Waals surface area contributed by atoms with Gasteiger partial charge < -0.3 is 9.84 Å². The van der Waals surface area contributed by atoms with E-state index in [4.69, 9.17) is 9.84 Å². The van der Waals surface area contributed by atoms with Gasteiger partial charge in [-0.1, -0.05) is 24.3 Å². The molecule has 0 amide bonds. The van der Waals surface area contributed by atoms with E-state index in [0.29, 0.717) is 16.9 Å². The molecule has 1 N–H and O–H groups in total. The molecule has 1 radical (unpaired) electrons. The molecule has 0 aliphatic heterocycles. The number of rotatable bonds is 4. The molecule has 0 spiro atoms. The van der Waals surface area contributed by atoms with Crippen LogP contribution in [-0.4, -0.2) is 17.7 Å². The summed E-state index contributed by atoms with van der Waals surface area (Å²) in [5.41, 5.74) is 0.925. The molecule has 2 aromatic carbocycles. The molecule has 0 aliphatic rings. The smallest absolute Gasteiger partial charge is 0.341 e. The lowest BCUT2D eigenvalue weighted by atomic mass is 10.1. The lowest BCUT2D eigenvalue weighted by molar-refractivity contribution is -0.139. The van der Waals surface area contributed by atoms with Crippen molar-refractivity contribution in [1.82, 2.24) is 0 Å². The summed E-state index contributed by atoms with van der Waals surface area (Å²) in [6, 6.07) is 13.9. The predicted molar refractivity (Wildman–Crippen MR) is 63.8 cm³/mol. The van der Waals surface area contributed by atoms with Crippen LogP contribution in [0, 0.1) is 11.9 Å². The fourth-order valence-corrected chi connectivity index (χ4v) is 1.52. The predicted octanol–water partition coefficient (Wildman–Crippen LogP) is 2.76. The Balaban J connectivity index is 2.27. The highest BCUT2D eigenvalue weighted by molar-refractivity contribution is 5.69. The van der Waals surface area contributed by atoms with Crippen LogP contribution in [0.25, 0.3) is 11.1 Å². The van der Waals surface area contributed by atoms with Crippen LogP contribution >= 0.6 is 0 Å². The molecule has 18 heavy (non-hydrogen) atoms. The van der Waals surface area contributed by atoms with Crippen LogP contribution in [0.3, 0.4) is 0 Å². The highest BCUT2D eigenvalue weighted by atomic mass is 19.1. The third-order valence-electron chi connectivity index (χ3n) is 2.30. The Morgan fingerprint density at radius 2 is 2.11 bits per heavy atom. The van der Waals surface area contributed by atoms with Gasteiger partial charge in [-0.25, -0.2) is 9.18 Å².